The zero-order valence-corrected chi connectivity index (χ0v) is 18.0. The van der Waals surface area contributed by atoms with Crippen molar-refractivity contribution in [3.05, 3.63) is 74.5 Å². The second-order valence-electron chi connectivity index (χ2n) is 8.28. The molecule has 2 atom stereocenters. The number of anilines is 1. The Bertz CT molecular complexity index is 1210. The minimum Gasteiger partial charge on any atom is -0.371 e. The van der Waals surface area contributed by atoms with Gasteiger partial charge in [0.1, 0.15) is 0 Å². The quantitative estimate of drug-likeness (QED) is 0.551. The van der Waals surface area contributed by atoms with Crippen LogP contribution in [0.2, 0.25) is 10.0 Å². The molecule has 1 amide bonds. The second-order valence-corrected chi connectivity index (χ2v) is 9.09. The molecule has 0 spiro atoms. The summed E-state index contributed by atoms with van der Waals surface area (Å²) in [5.74, 6) is 0.743. The lowest BCUT2D eigenvalue weighted by Gasteiger charge is -2.24. The maximum Gasteiger partial charge on any atom is 0.331 e. The Kier molecular flexibility index (Phi) is 4.75. The van der Waals surface area contributed by atoms with Crippen LogP contribution >= 0.6 is 23.2 Å². The summed E-state index contributed by atoms with van der Waals surface area (Å²) in [6.07, 6.45) is 0. The van der Waals surface area contributed by atoms with Crippen LogP contribution < -0.4 is 10.5 Å². The lowest BCUT2D eigenvalue weighted by atomic mass is 10.0. The van der Waals surface area contributed by atoms with E-state index in [0.29, 0.717) is 40.5 Å². The monoisotopic (exact) mass is 441 g/mol. The maximum atomic E-state index is 13.3. The smallest absolute Gasteiger partial charge is 0.331 e. The number of fused-ring (bicyclic) bond motifs is 2. The molecule has 3 aromatic rings. The number of nitrogens with zero attached hydrogens (tertiary/aromatic N) is 3. The summed E-state index contributed by atoms with van der Waals surface area (Å²) in [5, 5.41) is 1.99. The van der Waals surface area contributed by atoms with Crippen molar-refractivity contribution in [2.45, 2.75) is 6.92 Å². The number of hydrogen-bond donors (Lipinski definition) is 0. The average molecular weight is 442 g/mol. The number of amides is 1. The lowest BCUT2D eigenvalue weighted by molar-refractivity contribution is 0.207. The molecule has 0 bridgehead atoms. The van der Waals surface area contributed by atoms with E-state index in [1.54, 1.807) is 6.07 Å². The fraction of sp³-hybridized carbons (Fsp3) is 0.304. The van der Waals surface area contributed by atoms with Crippen LogP contribution in [0.5, 0.6) is 0 Å². The SMILES string of the molecule is Cc1ccc2c(ccc(=O)n2C(=O)N2CC3CN(c4ccc(Cl)c(Cl)c4)CC3C2)c1. The molecule has 5 rings (SSSR count). The highest BCUT2D eigenvalue weighted by Gasteiger charge is 2.42. The third-order valence-corrected chi connectivity index (χ3v) is 7.01. The van der Waals surface area contributed by atoms with Gasteiger partial charge in [-0.2, -0.15) is 0 Å². The van der Waals surface area contributed by atoms with Crippen LogP contribution in [0.4, 0.5) is 10.5 Å². The van der Waals surface area contributed by atoms with Crippen LogP contribution in [0.3, 0.4) is 0 Å². The van der Waals surface area contributed by atoms with E-state index in [1.807, 2.05) is 48.2 Å². The number of carbonyl (C=O) groups excluding carboxylic acids is 1. The first-order chi connectivity index (χ1) is 14.4. The van der Waals surface area contributed by atoms with Crippen LogP contribution in [0.25, 0.3) is 10.9 Å². The Hall–Kier alpha value is -2.50. The van der Waals surface area contributed by atoms with E-state index >= 15 is 0 Å². The molecule has 2 fully saturated rings. The fourth-order valence-electron chi connectivity index (χ4n) is 4.75. The summed E-state index contributed by atoms with van der Waals surface area (Å²) >= 11 is 12.2. The van der Waals surface area contributed by atoms with Crippen molar-refractivity contribution in [3.8, 4) is 0 Å². The van der Waals surface area contributed by atoms with Crippen molar-refractivity contribution >= 4 is 45.8 Å². The van der Waals surface area contributed by atoms with Gasteiger partial charge in [-0.1, -0.05) is 34.8 Å². The Morgan fingerprint density at radius 2 is 1.63 bits per heavy atom. The van der Waals surface area contributed by atoms with E-state index < -0.39 is 0 Å². The summed E-state index contributed by atoms with van der Waals surface area (Å²) in [5.41, 5.74) is 2.52. The van der Waals surface area contributed by atoms with Crippen molar-refractivity contribution in [2.75, 3.05) is 31.1 Å². The van der Waals surface area contributed by atoms with Gasteiger partial charge in [0.05, 0.1) is 15.6 Å². The van der Waals surface area contributed by atoms with Crippen LogP contribution in [0.1, 0.15) is 5.56 Å². The summed E-state index contributed by atoms with van der Waals surface area (Å²) < 4.78 is 1.31. The summed E-state index contributed by atoms with van der Waals surface area (Å²) in [6.45, 7) is 5.01. The van der Waals surface area contributed by atoms with E-state index in [4.69, 9.17) is 23.2 Å². The normalized spacial score (nSPS) is 20.8. The Morgan fingerprint density at radius 3 is 2.33 bits per heavy atom. The minimum absolute atomic E-state index is 0.232. The summed E-state index contributed by atoms with van der Waals surface area (Å²) in [7, 11) is 0. The molecule has 7 heteroatoms. The number of likely N-dealkylation sites (tertiary alicyclic amines) is 1. The summed E-state index contributed by atoms with van der Waals surface area (Å²) in [4.78, 5) is 29.9. The van der Waals surface area contributed by atoms with Gasteiger partial charge < -0.3 is 9.80 Å². The topological polar surface area (TPSA) is 45.6 Å². The van der Waals surface area contributed by atoms with Gasteiger partial charge in [0.2, 0.25) is 0 Å². The largest absolute Gasteiger partial charge is 0.371 e. The first kappa shape index (κ1) is 19.5. The van der Waals surface area contributed by atoms with Gasteiger partial charge in [0.25, 0.3) is 5.56 Å². The first-order valence-corrected chi connectivity index (χ1v) is 10.8. The predicted octanol–water partition coefficient (Wildman–Crippen LogP) is 4.65. The second kappa shape index (κ2) is 7.33. The molecule has 154 valence electrons. The molecule has 0 aliphatic carbocycles. The number of aromatic nitrogens is 1. The molecule has 3 heterocycles. The summed E-state index contributed by atoms with van der Waals surface area (Å²) in [6, 6.07) is 14.5. The van der Waals surface area contributed by atoms with Gasteiger partial charge in [0.15, 0.2) is 0 Å². The first-order valence-electron chi connectivity index (χ1n) is 10.0. The lowest BCUT2D eigenvalue weighted by Crippen LogP contribution is -2.40. The molecular formula is C23H21Cl2N3O2. The van der Waals surface area contributed by atoms with E-state index in [2.05, 4.69) is 4.90 Å². The molecule has 30 heavy (non-hydrogen) atoms. The number of aryl methyl sites for hydroxylation is 1. The van der Waals surface area contributed by atoms with Gasteiger partial charge >= 0.3 is 6.03 Å². The highest BCUT2D eigenvalue weighted by Crippen LogP contribution is 2.36. The Balaban J connectivity index is 1.36. The van der Waals surface area contributed by atoms with Crippen molar-refractivity contribution in [3.63, 3.8) is 0 Å². The third kappa shape index (κ3) is 3.26. The molecule has 2 aliphatic heterocycles. The Morgan fingerprint density at radius 1 is 0.900 bits per heavy atom. The molecule has 2 unspecified atom stereocenters. The van der Waals surface area contributed by atoms with Crippen LogP contribution in [-0.4, -0.2) is 41.7 Å². The van der Waals surface area contributed by atoms with Crippen molar-refractivity contribution in [1.82, 2.24) is 9.47 Å². The van der Waals surface area contributed by atoms with Gasteiger partial charge in [-0.15, -0.1) is 0 Å². The molecule has 5 nitrogen and oxygen atoms in total. The molecule has 2 aromatic carbocycles. The zero-order valence-electron chi connectivity index (χ0n) is 16.5. The number of pyridine rings is 1. The van der Waals surface area contributed by atoms with E-state index in [9.17, 15) is 9.59 Å². The molecular weight excluding hydrogens is 421 g/mol. The maximum absolute atomic E-state index is 13.3. The van der Waals surface area contributed by atoms with Crippen LogP contribution in [-0.2, 0) is 0 Å². The van der Waals surface area contributed by atoms with Gasteiger partial charge in [-0.25, -0.2) is 9.36 Å². The van der Waals surface area contributed by atoms with Gasteiger partial charge in [-0.3, -0.25) is 4.79 Å². The fourth-order valence-corrected chi connectivity index (χ4v) is 5.04. The van der Waals surface area contributed by atoms with Gasteiger partial charge in [-0.05, 0) is 48.7 Å². The molecule has 0 radical (unpaired) electrons. The number of rotatable bonds is 1. The third-order valence-electron chi connectivity index (χ3n) is 6.27. The molecule has 0 saturated carbocycles. The predicted molar refractivity (Wildman–Crippen MR) is 121 cm³/mol. The average Bonchev–Trinajstić information content (AvgIpc) is 3.29. The molecule has 2 aliphatic rings. The number of hydrogen-bond acceptors (Lipinski definition) is 3. The number of halogens is 2. The minimum atomic E-state index is -0.286. The Labute approximate surface area is 184 Å². The number of benzene rings is 2. The van der Waals surface area contributed by atoms with Crippen molar-refractivity contribution in [1.29, 1.82) is 0 Å². The van der Waals surface area contributed by atoms with E-state index in [0.717, 1.165) is 29.7 Å². The molecule has 2 saturated heterocycles. The van der Waals surface area contributed by atoms with E-state index in [1.165, 1.54) is 10.6 Å². The number of carbonyl (C=O) groups is 1. The molecule has 0 N–H and O–H groups in total. The standard InChI is InChI=1S/C23H21Cl2N3O2/c1-14-2-6-21-15(8-14)3-7-22(29)28(21)23(30)27-12-16-10-26(11-17(16)13-27)18-4-5-19(24)20(25)9-18/h2-9,16-17H,10-13H2,1H3. The van der Waals surface area contributed by atoms with Crippen LogP contribution in [0.15, 0.2) is 53.3 Å². The highest BCUT2D eigenvalue weighted by atomic mass is 35.5. The van der Waals surface area contributed by atoms with Crippen LogP contribution in [0, 0.1) is 18.8 Å². The van der Waals surface area contributed by atoms with E-state index in [-0.39, 0.29) is 11.6 Å². The van der Waals surface area contributed by atoms with Crippen molar-refractivity contribution in [2.24, 2.45) is 11.8 Å². The van der Waals surface area contributed by atoms with Gasteiger partial charge in [0, 0.05) is 49.8 Å². The highest BCUT2D eigenvalue weighted by molar-refractivity contribution is 6.42. The zero-order chi connectivity index (χ0) is 21.0. The van der Waals surface area contributed by atoms with Crippen molar-refractivity contribution < 1.29 is 4.79 Å². The molecule has 1 aromatic heterocycles.